The monoisotopic (exact) mass is 365 g/mol. The highest BCUT2D eigenvalue weighted by Crippen LogP contribution is 2.33. The van der Waals surface area contributed by atoms with E-state index in [1.165, 1.54) is 5.56 Å². The van der Waals surface area contributed by atoms with Gasteiger partial charge in [-0.3, -0.25) is 4.79 Å². The molecule has 0 radical (unpaired) electrons. The number of phenols is 1. The zero-order valence-corrected chi connectivity index (χ0v) is 15.7. The fourth-order valence-electron chi connectivity index (χ4n) is 4.22. The third-order valence-corrected chi connectivity index (χ3v) is 5.80. The lowest BCUT2D eigenvalue weighted by atomic mass is 9.92. The van der Waals surface area contributed by atoms with Crippen LogP contribution in [0.4, 0.5) is 5.69 Å². The van der Waals surface area contributed by atoms with Gasteiger partial charge in [0.1, 0.15) is 5.75 Å². The number of hydrogen-bond acceptors (Lipinski definition) is 4. The molecule has 1 saturated heterocycles. The quantitative estimate of drug-likeness (QED) is 0.780. The second-order valence-corrected chi connectivity index (χ2v) is 7.53. The highest BCUT2D eigenvalue weighted by molar-refractivity contribution is 5.96. The summed E-state index contributed by atoms with van der Waals surface area (Å²) >= 11 is 0. The van der Waals surface area contributed by atoms with Gasteiger partial charge in [-0.15, -0.1) is 0 Å². The van der Waals surface area contributed by atoms with Crippen molar-refractivity contribution in [2.24, 2.45) is 0 Å². The Morgan fingerprint density at radius 2 is 2.04 bits per heavy atom. The molecule has 4 rings (SSSR count). The second-order valence-electron chi connectivity index (χ2n) is 7.53. The lowest BCUT2D eigenvalue weighted by Gasteiger charge is -2.34. The van der Waals surface area contributed by atoms with Crippen LogP contribution in [0, 0.1) is 0 Å². The molecule has 0 saturated carbocycles. The van der Waals surface area contributed by atoms with Crippen LogP contribution >= 0.6 is 0 Å². The minimum Gasteiger partial charge on any atom is -0.508 e. The molecule has 1 fully saturated rings. The third-order valence-electron chi connectivity index (χ3n) is 5.80. The Balaban J connectivity index is 1.51. The highest BCUT2D eigenvalue weighted by Gasteiger charge is 2.27. The van der Waals surface area contributed by atoms with Crippen LogP contribution in [-0.2, 0) is 17.8 Å². The van der Waals surface area contributed by atoms with Gasteiger partial charge in [-0.2, -0.15) is 0 Å². The molecule has 2 aromatic carbocycles. The molecule has 2 heterocycles. The number of fused-ring (bicyclic) bond motifs is 1. The van der Waals surface area contributed by atoms with Crippen LogP contribution in [0.3, 0.4) is 0 Å². The van der Waals surface area contributed by atoms with Gasteiger partial charge >= 0.3 is 0 Å². The summed E-state index contributed by atoms with van der Waals surface area (Å²) in [4.78, 5) is 13.7. The van der Waals surface area contributed by atoms with E-state index >= 15 is 0 Å². The van der Waals surface area contributed by atoms with E-state index in [4.69, 9.17) is 0 Å². The lowest BCUT2D eigenvalue weighted by Crippen LogP contribution is -2.45. The molecule has 0 spiro atoms. The summed E-state index contributed by atoms with van der Waals surface area (Å²) in [5.74, 6) is 0.441. The van der Waals surface area contributed by atoms with Crippen LogP contribution in [0.2, 0.25) is 0 Å². The van der Waals surface area contributed by atoms with Crippen molar-refractivity contribution in [1.29, 1.82) is 0 Å². The van der Waals surface area contributed by atoms with E-state index in [-0.39, 0.29) is 11.9 Å². The topological polar surface area (TPSA) is 64.6 Å². The van der Waals surface area contributed by atoms with Crippen LogP contribution in [0.5, 0.6) is 5.75 Å². The Morgan fingerprint density at radius 3 is 2.85 bits per heavy atom. The predicted molar refractivity (Wildman–Crippen MR) is 107 cm³/mol. The van der Waals surface area contributed by atoms with Gasteiger partial charge in [0.25, 0.3) is 0 Å². The number of aryl methyl sites for hydroxylation is 1. The van der Waals surface area contributed by atoms with Crippen LogP contribution in [0.15, 0.2) is 42.5 Å². The average molecular weight is 365 g/mol. The van der Waals surface area contributed by atoms with E-state index in [0.29, 0.717) is 31.2 Å². The van der Waals surface area contributed by atoms with Crippen LogP contribution in [-0.4, -0.2) is 30.6 Å². The van der Waals surface area contributed by atoms with E-state index < -0.39 is 0 Å². The number of aromatic hydroxyl groups is 1. The summed E-state index contributed by atoms with van der Waals surface area (Å²) in [5, 5.41) is 17.7. The normalized spacial score (nSPS) is 22.6. The van der Waals surface area contributed by atoms with Gasteiger partial charge in [-0.05, 0) is 49.1 Å². The van der Waals surface area contributed by atoms with Crippen molar-refractivity contribution in [2.45, 2.75) is 44.3 Å². The van der Waals surface area contributed by atoms with E-state index in [2.05, 4.69) is 34.9 Å². The molecule has 2 atom stereocenters. The maximum atomic E-state index is 12.0. The SMILES string of the molecule is CN1C(=O)CCc2cc(O)c(CN[C@H]3CCCN[C@H]3c3ccccc3)cc21. The number of anilines is 1. The van der Waals surface area contributed by atoms with Gasteiger partial charge in [0.15, 0.2) is 0 Å². The minimum absolute atomic E-state index is 0.132. The van der Waals surface area contributed by atoms with E-state index in [9.17, 15) is 9.90 Å². The number of carbonyl (C=O) groups is 1. The number of piperidine rings is 1. The molecule has 0 unspecified atom stereocenters. The minimum atomic E-state index is 0.132. The first-order valence-electron chi connectivity index (χ1n) is 9.76. The molecule has 0 bridgehead atoms. The Hall–Kier alpha value is -2.37. The molecule has 2 aliphatic rings. The molecular weight excluding hydrogens is 338 g/mol. The van der Waals surface area contributed by atoms with Crippen LogP contribution in [0.25, 0.3) is 0 Å². The Bertz CT molecular complexity index is 822. The number of nitrogens with one attached hydrogen (secondary N) is 2. The van der Waals surface area contributed by atoms with Crippen LogP contribution in [0.1, 0.15) is 42.0 Å². The zero-order valence-electron chi connectivity index (χ0n) is 15.7. The molecule has 2 aliphatic heterocycles. The fraction of sp³-hybridized carbons (Fsp3) is 0.409. The number of rotatable bonds is 4. The molecule has 0 aliphatic carbocycles. The molecule has 27 heavy (non-hydrogen) atoms. The summed E-state index contributed by atoms with van der Waals surface area (Å²) < 4.78 is 0. The van der Waals surface area contributed by atoms with Crippen molar-refractivity contribution in [1.82, 2.24) is 10.6 Å². The first kappa shape index (κ1) is 18.0. The third kappa shape index (κ3) is 3.70. The van der Waals surface area contributed by atoms with Crippen molar-refractivity contribution >= 4 is 11.6 Å². The molecular formula is C22H27N3O2. The number of carbonyl (C=O) groups excluding carboxylic acids is 1. The first-order valence-corrected chi connectivity index (χ1v) is 9.76. The van der Waals surface area contributed by atoms with Crippen molar-refractivity contribution in [3.05, 3.63) is 59.2 Å². The van der Waals surface area contributed by atoms with Gasteiger partial charge in [0.2, 0.25) is 5.91 Å². The van der Waals surface area contributed by atoms with Crippen molar-refractivity contribution < 1.29 is 9.90 Å². The second kappa shape index (κ2) is 7.71. The van der Waals surface area contributed by atoms with Gasteiger partial charge in [-0.25, -0.2) is 0 Å². The molecule has 3 N–H and O–H groups in total. The summed E-state index contributed by atoms with van der Waals surface area (Å²) in [5.41, 5.74) is 4.09. The van der Waals surface area contributed by atoms with E-state index in [1.807, 2.05) is 25.2 Å². The zero-order chi connectivity index (χ0) is 18.8. The molecule has 2 aromatic rings. The predicted octanol–water partition coefficient (Wildman–Crippen LogP) is 2.88. The maximum Gasteiger partial charge on any atom is 0.227 e. The molecule has 5 nitrogen and oxygen atoms in total. The van der Waals surface area contributed by atoms with Gasteiger partial charge in [0, 0.05) is 43.3 Å². The van der Waals surface area contributed by atoms with E-state index in [0.717, 1.165) is 36.2 Å². The Morgan fingerprint density at radius 1 is 1.22 bits per heavy atom. The highest BCUT2D eigenvalue weighted by atomic mass is 16.3. The first-order chi connectivity index (χ1) is 13.1. The summed E-state index contributed by atoms with van der Waals surface area (Å²) in [6, 6.07) is 14.9. The standard InChI is InChI=1S/C22H27N3O2/c1-25-19-12-17(20(26)13-16(19)9-10-21(25)27)14-24-18-8-5-11-23-22(18)15-6-3-2-4-7-15/h2-4,6-7,12-13,18,22-24,26H,5,8-11,14H2,1H3/t18-,22-/m0/s1. The molecule has 5 heteroatoms. The smallest absolute Gasteiger partial charge is 0.227 e. The van der Waals surface area contributed by atoms with Crippen molar-refractivity contribution in [3.63, 3.8) is 0 Å². The Kier molecular flexibility index (Phi) is 5.14. The number of hydrogen-bond donors (Lipinski definition) is 3. The average Bonchev–Trinajstić information content (AvgIpc) is 2.70. The number of amides is 1. The number of benzene rings is 2. The Labute approximate surface area is 160 Å². The van der Waals surface area contributed by atoms with Crippen LogP contribution < -0.4 is 15.5 Å². The van der Waals surface area contributed by atoms with Crippen molar-refractivity contribution in [2.75, 3.05) is 18.5 Å². The molecule has 142 valence electrons. The summed E-state index contributed by atoms with van der Waals surface area (Å²) in [6.07, 6.45) is 3.43. The van der Waals surface area contributed by atoms with Gasteiger partial charge in [-0.1, -0.05) is 30.3 Å². The maximum absolute atomic E-state index is 12.0. The summed E-state index contributed by atoms with van der Waals surface area (Å²) in [7, 11) is 1.81. The lowest BCUT2D eigenvalue weighted by molar-refractivity contribution is -0.118. The van der Waals surface area contributed by atoms with Gasteiger partial charge < -0.3 is 20.6 Å². The molecule has 1 amide bonds. The van der Waals surface area contributed by atoms with Crippen molar-refractivity contribution in [3.8, 4) is 5.75 Å². The fourth-order valence-corrected chi connectivity index (χ4v) is 4.22. The largest absolute Gasteiger partial charge is 0.508 e. The van der Waals surface area contributed by atoms with Gasteiger partial charge in [0.05, 0.1) is 0 Å². The number of nitrogens with zero attached hydrogens (tertiary/aromatic N) is 1. The molecule has 0 aromatic heterocycles. The summed E-state index contributed by atoms with van der Waals surface area (Å²) in [6.45, 7) is 1.60. The van der Waals surface area contributed by atoms with E-state index in [1.54, 1.807) is 4.90 Å². The number of phenolic OH excluding ortho intramolecular Hbond substituents is 1.